The molecule has 15 heavy (non-hydrogen) atoms. The summed E-state index contributed by atoms with van der Waals surface area (Å²) in [5, 5.41) is 0. The van der Waals surface area contributed by atoms with Crippen LogP contribution in [0.25, 0.3) is 0 Å². The summed E-state index contributed by atoms with van der Waals surface area (Å²) in [5.41, 5.74) is 0. The maximum Gasteiger partial charge on any atom is 1.00 e. The Labute approximate surface area is 130 Å². The molecule has 1 fully saturated rings. The topological polar surface area (TPSA) is 29.5 Å². The number of nitrogens with zero attached hydrogens (tertiary/aromatic N) is 1. The molecule has 79 valence electrons. The zero-order valence-electron chi connectivity index (χ0n) is 8.60. The van der Waals surface area contributed by atoms with Crippen LogP contribution in [0, 0.1) is 0 Å². The molecule has 3 radical (unpaired) electrons. The number of hydrogen-bond donors (Lipinski definition) is 0. The van der Waals surface area contributed by atoms with Crippen molar-refractivity contribution in [2.75, 3.05) is 13.7 Å². The van der Waals surface area contributed by atoms with E-state index in [4.69, 9.17) is 0 Å². The first kappa shape index (κ1) is 15.9. The Bertz CT molecular complexity index is 251. The zero-order valence-corrected chi connectivity index (χ0v) is 11.7. The maximum atomic E-state index is 13.8. The molecule has 0 unspecified atom stereocenters. The van der Waals surface area contributed by atoms with Crippen LogP contribution in [0.2, 0.25) is 0 Å². The molecular formula is C7H9BF3KNO2. The van der Waals surface area contributed by atoms with E-state index in [1.807, 2.05) is 0 Å². The van der Waals surface area contributed by atoms with E-state index in [-0.39, 0.29) is 75.7 Å². The molecule has 0 N–H and O–H groups in total. The third kappa shape index (κ3) is 3.20. The molecule has 0 aromatic rings. The zero-order chi connectivity index (χ0) is 11.0. The Balaban J connectivity index is 0.00000196. The van der Waals surface area contributed by atoms with E-state index in [0.29, 0.717) is 0 Å². The van der Waals surface area contributed by atoms with Gasteiger partial charge in [0.15, 0.2) is 0 Å². The van der Waals surface area contributed by atoms with E-state index in [1.54, 1.807) is 0 Å². The molecule has 0 spiro atoms. The minimum absolute atomic E-state index is 0. The Hall–Kier alpha value is 0.921. The fourth-order valence-electron chi connectivity index (χ4n) is 1.54. The molecular weight excluding hydrogens is 237 g/mol. The molecule has 0 amide bonds. The van der Waals surface area contributed by atoms with Gasteiger partial charge in [-0.05, 0) is 6.42 Å². The Morgan fingerprint density at radius 2 is 2.13 bits per heavy atom. The predicted molar refractivity (Wildman–Crippen MR) is 42.5 cm³/mol. The minimum atomic E-state index is -3.85. The monoisotopic (exact) mass is 246 g/mol. The molecule has 1 aliphatic rings. The standard InChI is InChI=1S/C7H9BF3NO2.K/c1-14-5(13)6(9)3-2-4-12(6)7(8,10)11;/h2-4H2,1H3;/q-1;+1/t6-;/m1./s1. The van der Waals surface area contributed by atoms with E-state index < -0.39 is 17.7 Å². The molecule has 1 aliphatic heterocycles. The first-order valence-corrected chi connectivity index (χ1v) is 4.04. The van der Waals surface area contributed by atoms with Gasteiger partial charge in [0.05, 0.1) is 13.1 Å². The summed E-state index contributed by atoms with van der Waals surface area (Å²) in [5.74, 6) is -7.98. The number of ether oxygens (including phenoxy) is 1. The van der Waals surface area contributed by atoms with Crippen LogP contribution in [0.5, 0.6) is 0 Å². The summed E-state index contributed by atoms with van der Waals surface area (Å²) in [6, 6.07) is 0. The number of hydrogen-bond acceptors (Lipinski definition) is 3. The van der Waals surface area contributed by atoms with Crippen molar-refractivity contribution < 1.29 is 74.1 Å². The van der Waals surface area contributed by atoms with Gasteiger partial charge in [0.25, 0.3) is 5.79 Å². The number of rotatable bonds is 2. The number of carbonyl (C=O) groups excluding carboxylic acids is 1. The SMILES string of the molecule is [B-]C(F)(F)N1CCC[C@]1(F)C(=O)OC.[K+]. The molecule has 1 rings (SSSR count). The van der Waals surface area contributed by atoms with E-state index in [9.17, 15) is 18.0 Å². The normalized spacial score (nSPS) is 27.3. The van der Waals surface area contributed by atoms with E-state index >= 15 is 0 Å². The fraction of sp³-hybridized carbons (Fsp3) is 0.857. The van der Waals surface area contributed by atoms with Gasteiger partial charge in [-0.15, -0.1) is 0 Å². The molecule has 1 heterocycles. The van der Waals surface area contributed by atoms with Gasteiger partial charge in [-0.3, -0.25) is 0 Å². The molecule has 1 atom stereocenters. The van der Waals surface area contributed by atoms with Crippen LogP contribution < -0.4 is 51.4 Å². The van der Waals surface area contributed by atoms with Crippen LogP contribution in [0.3, 0.4) is 0 Å². The van der Waals surface area contributed by atoms with Crippen LogP contribution in [0.4, 0.5) is 13.2 Å². The summed E-state index contributed by atoms with van der Waals surface area (Å²) in [7, 11) is 5.39. The van der Waals surface area contributed by atoms with Crippen molar-refractivity contribution in [1.82, 2.24) is 4.90 Å². The third-order valence-electron chi connectivity index (χ3n) is 2.18. The van der Waals surface area contributed by atoms with E-state index in [2.05, 4.69) is 12.6 Å². The summed E-state index contributed by atoms with van der Waals surface area (Å²) < 4.78 is 43.2. The number of methoxy groups -OCH3 is 1. The second-order valence-electron chi connectivity index (χ2n) is 3.09. The molecule has 3 nitrogen and oxygen atoms in total. The first-order chi connectivity index (χ1) is 6.32. The largest absolute Gasteiger partial charge is 1.00 e. The maximum absolute atomic E-state index is 13.8. The average molecular weight is 246 g/mol. The van der Waals surface area contributed by atoms with Crippen molar-refractivity contribution in [1.29, 1.82) is 0 Å². The molecule has 0 bridgehead atoms. The number of esters is 1. The summed E-state index contributed by atoms with van der Waals surface area (Å²) >= 11 is 0. The van der Waals surface area contributed by atoms with Crippen molar-refractivity contribution in [3.05, 3.63) is 0 Å². The third-order valence-corrected chi connectivity index (χ3v) is 2.18. The van der Waals surface area contributed by atoms with Crippen molar-refractivity contribution in [2.45, 2.75) is 24.6 Å². The summed E-state index contributed by atoms with van der Waals surface area (Å²) in [6.45, 7) is -0.269. The number of halogens is 3. The molecule has 0 aliphatic carbocycles. The van der Waals surface area contributed by atoms with Gasteiger partial charge < -0.3 is 12.6 Å². The first-order valence-electron chi connectivity index (χ1n) is 4.04. The van der Waals surface area contributed by atoms with Crippen molar-refractivity contribution in [3.63, 3.8) is 0 Å². The predicted octanol–water partition coefficient (Wildman–Crippen LogP) is -2.36. The van der Waals surface area contributed by atoms with Crippen LogP contribution in [0.15, 0.2) is 0 Å². The van der Waals surface area contributed by atoms with Gasteiger partial charge >= 0.3 is 57.4 Å². The Kier molecular flexibility index (Phi) is 5.84. The van der Waals surface area contributed by atoms with E-state index in [1.165, 1.54) is 0 Å². The van der Waals surface area contributed by atoms with Crippen LogP contribution in [-0.2, 0) is 9.53 Å². The van der Waals surface area contributed by atoms with Gasteiger partial charge in [0, 0.05) is 13.0 Å². The van der Waals surface area contributed by atoms with Crippen molar-refractivity contribution in [2.24, 2.45) is 0 Å². The van der Waals surface area contributed by atoms with Crippen LogP contribution in [-0.4, -0.2) is 44.1 Å². The van der Waals surface area contributed by atoms with Gasteiger partial charge in [-0.1, -0.05) is 0 Å². The molecule has 0 aromatic heterocycles. The minimum Gasteiger partial charge on any atom is -0.501 e. The fourth-order valence-corrected chi connectivity index (χ4v) is 1.54. The molecule has 0 aromatic carbocycles. The van der Waals surface area contributed by atoms with Gasteiger partial charge in [0.2, 0.25) is 0 Å². The molecule has 0 saturated carbocycles. The summed E-state index contributed by atoms with van der Waals surface area (Å²) in [4.78, 5) is 11.0. The number of alkyl halides is 3. The quantitative estimate of drug-likeness (QED) is 0.310. The smallest absolute Gasteiger partial charge is 0.501 e. The van der Waals surface area contributed by atoms with Crippen LogP contribution in [0.1, 0.15) is 12.8 Å². The Morgan fingerprint density at radius 1 is 1.60 bits per heavy atom. The van der Waals surface area contributed by atoms with Gasteiger partial charge in [-0.2, -0.15) is 0 Å². The van der Waals surface area contributed by atoms with Crippen molar-refractivity contribution >= 4 is 13.8 Å². The second-order valence-corrected chi connectivity index (χ2v) is 3.09. The van der Waals surface area contributed by atoms with Crippen LogP contribution >= 0.6 is 0 Å². The van der Waals surface area contributed by atoms with E-state index in [0.717, 1.165) is 7.11 Å². The number of carbonyl (C=O) groups is 1. The average Bonchev–Trinajstić information content (AvgIpc) is 2.46. The molecule has 1 saturated heterocycles. The second kappa shape index (κ2) is 5.50. The number of likely N-dealkylation sites (tertiary alicyclic amines) is 1. The molecule has 8 heteroatoms. The Morgan fingerprint density at radius 3 is 2.53 bits per heavy atom. The summed E-state index contributed by atoms with van der Waals surface area (Å²) in [6.07, 6.45) is -0.190. The van der Waals surface area contributed by atoms with Gasteiger partial charge in [0.1, 0.15) is 0 Å². The van der Waals surface area contributed by atoms with Gasteiger partial charge in [-0.25, -0.2) is 22.9 Å². The van der Waals surface area contributed by atoms with Crippen molar-refractivity contribution in [3.8, 4) is 0 Å².